The van der Waals surface area contributed by atoms with Gasteiger partial charge in [-0.3, -0.25) is 14.4 Å². The van der Waals surface area contributed by atoms with E-state index in [2.05, 4.69) is 10.6 Å². The zero-order valence-electron chi connectivity index (χ0n) is 16.2. The molecule has 0 aliphatic carbocycles. The number of rotatable bonds is 6. The Bertz CT molecular complexity index is 935. The van der Waals surface area contributed by atoms with Crippen molar-refractivity contribution in [2.45, 2.75) is 31.2 Å². The number of ether oxygens (including phenoxy) is 1. The molecule has 3 atom stereocenters. The number of hydrogen-bond donors (Lipinski definition) is 2. The first-order chi connectivity index (χ1) is 14.5. The molecule has 2 aliphatic heterocycles. The maximum absolute atomic E-state index is 13.0. The molecule has 30 heavy (non-hydrogen) atoms. The lowest BCUT2D eigenvalue weighted by molar-refractivity contribution is -0.148. The molecule has 2 saturated heterocycles. The summed E-state index contributed by atoms with van der Waals surface area (Å²) >= 11 is 0. The lowest BCUT2D eigenvalue weighted by atomic mass is 10.1. The Morgan fingerprint density at radius 1 is 1.13 bits per heavy atom. The molecule has 0 unspecified atom stereocenters. The van der Waals surface area contributed by atoms with Gasteiger partial charge in [0.1, 0.15) is 17.9 Å². The Hall–Kier alpha value is -3.26. The quantitative estimate of drug-likeness (QED) is 0.749. The summed E-state index contributed by atoms with van der Waals surface area (Å²) < 4.78 is 18.7. The first kappa shape index (κ1) is 20.0. The molecule has 0 aromatic heterocycles. The molecule has 2 aromatic carbocycles. The van der Waals surface area contributed by atoms with Crippen LogP contribution in [0.3, 0.4) is 0 Å². The van der Waals surface area contributed by atoms with Crippen molar-refractivity contribution in [1.82, 2.24) is 15.5 Å². The monoisotopic (exact) mass is 411 g/mol. The van der Waals surface area contributed by atoms with E-state index in [-0.39, 0.29) is 36.9 Å². The van der Waals surface area contributed by atoms with Crippen LogP contribution in [-0.2, 0) is 20.9 Å². The fourth-order valence-electron chi connectivity index (χ4n) is 3.81. The summed E-state index contributed by atoms with van der Waals surface area (Å²) in [7, 11) is 0. The number of carbonyl (C=O) groups excluding carboxylic acids is 3. The van der Waals surface area contributed by atoms with E-state index in [9.17, 15) is 18.8 Å². The molecule has 0 bridgehead atoms. The third kappa shape index (κ3) is 4.33. The molecule has 3 amide bonds. The van der Waals surface area contributed by atoms with Gasteiger partial charge in [-0.15, -0.1) is 0 Å². The van der Waals surface area contributed by atoms with Crippen molar-refractivity contribution in [3.8, 4) is 0 Å². The van der Waals surface area contributed by atoms with Crippen LogP contribution in [0.1, 0.15) is 22.3 Å². The van der Waals surface area contributed by atoms with Crippen molar-refractivity contribution < 1.29 is 23.5 Å². The molecule has 0 radical (unpaired) electrons. The highest BCUT2D eigenvalue weighted by atomic mass is 19.1. The number of fused-ring (bicyclic) bond motifs is 1. The molecule has 2 aromatic rings. The highest BCUT2D eigenvalue weighted by molar-refractivity contribution is 5.98. The van der Waals surface area contributed by atoms with Gasteiger partial charge in [0.2, 0.25) is 11.8 Å². The largest absolute Gasteiger partial charge is 0.374 e. The Kier molecular flexibility index (Phi) is 5.76. The van der Waals surface area contributed by atoms with Crippen LogP contribution < -0.4 is 10.6 Å². The lowest BCUT2D eigenvalue weighted by Crippen LogP contribution is -2.62. The molecule has 156 valence electrons. The minimum atomic E-state index is -0.746. The molecule has 0 saturated carbocycles. The Labute approximate surface area is 173 Å². The van der Waals surface area contributed by atoms with Crippen LogP contribution in [0, 0.1) is 5.82 Å². The standard InChI is InChI=1S/C22H22FN3O4/c23-16-8-6-15(7-9-16)20(27)24-17-10-19-21(28)25-18(22(29)26(19)11-17)13-30-12-14-4-2-1-3-5-14/h1-9,17-19H,10-13H2,(H,24,27)(H,25,28)/t17-,18-,19-/m0/s1. The van der Waals surface area contributed by atoms with Crippen LogP contribution in [0.15, 0.2) is 54.6 Å². The van der Waals surface area contributed by atoms with Crippen molar-refractivity contribution in [1.29, 1.82) is 0 Å². The maximum Gasteiger partial charge on any atom is 0.251 e. The Balaban J connectivity index is 1.33. The topological polar surface area (TPSA) is 87.7 Å². The SMILES string of the molecule is O=C(N[C@H]1C[C@H]2C(=O)N[C@@H](COCc3ccccc3)C(=O)N2C1)c1ccc(F)cc1. The fourth-order valence-corrected chi connectivity index (χ4v) is 3.81. The van der Waals surface area contributed by atoms with E-state index in [1.807, 2.05) is 30.3 Å². The van der Waals surface area contributed by atoms with Crippen molar-refractivity contribution in [2.24, 2.45) is 0 Å². The van der Waals surface area contributed by atoms with Crippen LogP contribution in [-0.4, -0.2) is 53.9 Å². The van der Waals surface area contributed by atoms with Gasteiger partial charge in [0.05, 0.1) is 13.2 Å². The summed E-state index contributed by atoms with van der Waals surface area (Å²) in [4.78, 5) is 39.2. The number of hydrogen-bond acceptors (Lipinski definition) is 4. The molecule has 8 heteroatoms. The number of halogens is 1. The number of carbonyl (C=O) groups is 3. The first-order valence-corrected chi connectivity index (χ1v) is 9.80. The summed E-state index contributed by atoms with van der Waals surface area (Å²) in [5.74, 6) is -1.25. The normalized spacial score (nSPS) is 23.1. The Morgan fingerprint density at radius 3 is 2.60 bits per heavy atom. The zero-order valence-corrected chi connectivity index (χ0v) is 16.2. The van der Waals surface area contributed by atoms with E-state index in [1.54, 1.807) is 0 Å². The number of nitrogens with one attached hydrogen (secondary N) is 2. The van der Waals surface area contributed by atoms with Gasteiger partial charge in [-0.25, -0.2) is 4.39 Å². The summed E-state index contributed by atoms with van der Waals surface area (Å²) in [5, 5.41) is 5.55. The van der Waals surface area contributed by atoms with Crippen LogP contribution in [0.25, 0.3) is 0 Å². The van der Waals surface area contributed by atoms with Crippen LogP contribution >= 0.6 is 0 Å². The van der Waals surface area contributed by atoms with E-state index in [4.69, 9.17) is 4.74 Å². The van der Waals surface area contributed by atoms with E-state index < -0.39 is 17.9 Å². The highest BCUT2D eigenvalue weighted by Crippen LogP contribution is 2.23. The molecule has 2 aliphatic rings. The summed E-state index contributed by atoms with van der Waals surface area (Å²) in [6.07, 6.45) is 0.335. The van der Waals surface area contributed by atoms with Gasteiger partial charge < -0.3 is 20.3 Å². The number of amides is 3. The zero-order chi connectivity index (χ0) is 21.1. The molecular formula is C22H22FN3O4. The third-order valence-corrected chi connectivity index (χ3v) is 5.34. The van der Waals surface area contributed by atoms with Gasteiger partial charge in [0, 0.05) is 18.2 Å². The summed E-state index contributed by atoms with van der Waals surface area (Å²) in [6.45, 7) is 0.675. The van der Waals surface area contributed by atoms with E-state index >= 15 is 0 Å². The fraction of sp³-hybridized carbons (Fsp3) is 0.318. The molecule has 2 fully saturated rings. The lowest BCUT2D eigenvalue weighted by Gasteiger charge is -2.34. The summed E-state index contributed by atoms with van der Waals surface area (Å²) in [6, 6.07) is 13.1. The van der Waals surface area contributed by atoms with Gasteiger partial charge >= 0.3 is 0 Å². The second-order valence-electron chi connectivity index (χ2n) is 7.48. The smallest absolute Gasteiger partial charge is 0.251 e. The van der Waals surface area contributed by atoms with E-state index in [1.165, 1.54) is 29.2 Å². The minimum absolute atomic E-state index is 0.0787. The van der Waals surface area contributed by atoms with Crippen molar-refractivity contribution in [3.63, 3.8) is 0 Å². The van der Waals surface area contributed by atoms with E-state index in [0.717, 1.165) is 5.56 Å². The molecule has 4 rings (SSSR count). The first-order valence-electron chi connectivity index (χ1n) is 9.80. The Morgan fingerprint density at radius 2 is 1.87 bits per heavy atom. The van der Waals surface area contributed by atoms with Gasteiger partial charge in [0.15, 0.2) is 0 Å². The minimum Gasteiger partial charge on any atom is -0.374 e. The number of benzene rings is 2. The van der Waals surface area contributed by atoms with Crippen molar-refractivity contribution in [3.05, 3.63) is 71.5 Å². The maximum atomic E-state index is 13.0. The van der Waals surface area contributed by atoms with Gasteiger partial charge in [-0.2, -0.15) is 0 Å². The number of nitrogens with zero attached hydrogens (tertiary/aromatic N) is 1. The predicted molar refractivity (Wildman–Crippen MR) is 106 cm³/mol. The highest BCUT2D eigenvalue weighted by Gasteiger charge is 2.46. The second kappa shape index (κ2) is 8.62. The molecule has 2 heterocycles. The van der Waals surface area contributed by atoms with Gasteiger partial charge in [-0.05, 0) is 36.2 Å². The second-order valence-corrected chi connectivity index (χ2v) is 7.48. The average molecular weight is 411 g/mol. The average Bonchev–Trinajstić information content (AvgIpc) is 3.17. The van der Waals surface area contributed by atoms with Crippen LogP contribution in [0.2, 0.25) is 0 Å². The molecule has 2 N–H and O–H groups in total. The van der Waals surface area contributed by atoms with Crippen molar-refractivity contribution in [2.75, 3.05) is 13.2 Å². The van der Waals surface area contributed by atoms with E-state index in [0.29, 0.717) is 18.6 Å². The van der Waals surface area contributed by atoms with Gasteiger partial charge in [-0.1, -0.05) is 30.3 Å². The van der Waals surface area contributed by atoms with Crippen LogP contribution in [0.5, 0.6) is 0 Å². The molecule has 7 nitrogen and oxygen atoms in total. The number of piperazine rings is 1. The van der Waals surface area contributed by atoms with Crippen molar-refractivity contribution >= 4 is 17.7 Å². The predicted octanol–water partition coefficient (Wildman–Crippen LogP) is 1.24. The molecule has 0 spiro atoms. The third-order valence-electron chi connectivity index (χ3n) is 5.34. The molecular weight excluding hydrogens is 389 g/mol. The van der Waals surface area contributed by atoms with Gasteiger partial charge in [0.25, 0.3) is 5.91 Å². The van der Waals surface area contributed by atoms with Crippen LogP contribution in [0.4, 0.5) is 4.39 Å². The summed E-state index contributed by atoms with van der Waals surface area (Å²) in [5.41, 5.74) is 1.30.